The van der Waals surface area contributed by atoms with Crippen molar-refractivity contribution in [1.29, 1.82) is 0 Å². The van der Waals surface area contributed by atoms with E-state index < -0.39 is 0 Å². The first kappa shape index (κ1) is 15.3. The molecule has 1 heterocycles. The van der Waals surface area contributed by atoms with Crippen molar-refractivity contribution in [1.82, 2.24) is 10.2 Å². The molecule has 0 bridgehead atoms. The lowest BCUT2D eigenvalue weighted by Gasteiger charge is -2.47. The van der Waals surface area contributed by atoms with Crippen LogP contribution in [0, 0.1) is 5.41 Å². The highest BCUT2D eigenvalue weighted by Crippen LogP contribution is 2.31. The van der Waals surface area contributed by atoms with E-state index in [1.807, 2.05) is 0 Å². The Kier molecular flexibility index (Phi) is 5.27. The van der Waals surface area contributed by atoms with Crippen molar-refractivity contribution in [3.05, 3.63) is 0 Å². The number of rotatable bonds is 5. The molecular formula is C16H32N2O. The SMILES string of the molecule is CCNC(C)C(C)(C)CN1CCOC2CCCCC21. The minimum atomic E-state index is 0.315. The van der Waals surface area contributed by atoms with E-state index in [2.05, 4.69) is 37.9 Å². The highest BCUT2D eigenvalue weighted by atomic mass is 16.5. The molecule has 0 spiro atoms. The third-order valence-electron chi connectivity index (χ3n) is 5.14. The van der Waals surface area contributed by atoms with Crippen molar-refractivity contribution in [2.24, 2.45) is 5.41 Å². The van der Waals surface area contributed by atoms with Gasteiger partial charge in [-0.3, -0.25) is 4.90 Å². The largest absolute Gasteiger partial charge is 0.375 e. The van der Waals surface area contributed by atoms with Gasteiger partial charge in [-0.25, -0.2) is 0 Å². The standard InChI is InChI=1S/C16H32N2O/c1-5-17-13(2)16(3,4)12-18-10-11-19-15-9-7-6-8-14(15)18/h13-15,17H,5-12H2,1-4H3. The molecule has 1 aliphatic carbocycles. The molecule has 2 fully saturated rings. The summed E-state index contributed by atoms with van der Waals surface area (Å²) < 4.78 is 5.98. The summed E-state index contributed by atoms with van der Waals surface area (Å²) in [6.45, 7) is 13.6. The summed E-state index contributed by atoms with van der Waals surface area (Å²) in [7, 11) is 0. The Bertz CT molecular complexity index is 278. The average molecular weight is 268 g/mol. The van der Waals surface area contributed by atoms with Crippen molar-refractivity contribution >= 4 is 0 Å². The Labute approximate surface area is 119 Å². The van der Waals surface area contributed by atoms with Crippen LogP contribution in [0.25, 0.3) is 0 Å². The van der Waals surface area contributed by atoms with Gasteiger partial charge in [0, 0.05) is 25.2 Å². The fraction of sp³-hybridized carbons (Fsp3) is 1.00. The van der Waals surface area contributed by atoms with Gasteiger partial charge >= 0.3 is 0 Å². The fourth-order valence-electron chi connectivity index (χ4n) is 3.62. The third-order valence-corrected chi connectivity index (χ3v) is 5.14. The lowest BCUT2D eigenvalue weighted by Crippen LogP contribution is -2.57. The molecule has 1 N–H and O–H groups in total. The monoisotopic (exact) mass is 268 g/mol. The number of nitrogens with one attached hydrogen (secondary N) is 1. The van der Waals surface area contributed by atoms with E-state index in [9.17, 15) is 0 Å². The van der Waals surface area contributed by atoms with Crippen molar-refractivity contribution in [3.63, 3.8) is 0 Å². The van der Waals surface area contributed by atoms with Crippen LogP contribution in [-0.2, 0) is 4.74 Å². The van der Waals surface area contributed by atoms with E-state index in [-0.39, 0.29) is 0 Å². The van der Waals surface area contributed by atoms with E-state index >= 15 is 0 Å². The maximum absolute atomic E-state index is 5.98. The molecule has 3 heteroatoms. The van der Waals surface area contributed by atoms with Crippen LogP contribution in [0.1, 0.15) is 53.4 Å². The van der Waals surface area contributed by atoms with Crippen molar-refractivity contribution in [2.45, 2.75) is 71.6 Å². The lowest BCUT2D eigenvalue weighted by molar-refractivity contribution is -0.0984. The van der Waals surface area contributed by atoms with Gasteiger partial charge in [-0.1, -0.05) is 33.6 Å². The smallest absolute Gasteiger partial charge is 0.0730 e. The highest BCUT2D eigenvalue weighted by Gasteiger charge is 2.37. The zero-order valence-corrected chi connectivity index (χ0v) is 13.2. The van der Waals surface area contributed by atoms with Gasteiger partial charge in [0.1, 0.15) is 0 Å². The summed E-state index contributed by atoms with van der Waals surface area (Å²) >= 11 is 0. The molecule has 0 aromatic heterocycles. The van der Waals surface area contributed by atoms with Crippen LogP contribution in [-0.4, -0.2) is 49.3 Å². The predicted octanol–water partition coefficient (Wildman–Crippen LogP) is 2.65. The molecule has 2 rings (SSSR count). The maximum Gasteiger partial charge on any atom is 0.0730 e. The summed E-state index contributed by atoms with van der Waals surface area (Å²) in [5, 5.41) is 3.59. The van der Waals surface area contributed by atoms with Crippen molar-refractivity contribution in [2.75, 3.05) is 26.2 Å². The molecule has 1 saturated heterocycles. The first-order valence-electron chi connectivity index (χ1n) is 8.13. The molecule has 3 nitrogen and oxygen atoms in total. The quantitative estimate of drug-likeness (QED) is 0.829. The predicted molar refractivity (Wildman–Crippen MR) is 80.5 cm³/mol. The van der Waals surface area contributed by atoms with E-state index in [0.717, 1.165) is 19.7 Å². The van der Waals surface area contributed by atoms with E-state index in [4.69, 9.17) is 4.74 Å². The van der Waals surface area contributed by atoms with E-state index in [1.54, 1.807) is 0 Å². The molecule has 1 saturated carbocycles. The summed E-state index contributed by atoms with van der Waals surface area (Å²) in [5.74, 6) is 0. The molecule has 0 aromatic carbocycles. The minimum absolute atomic E-state index is 0.315. The molecule has 1 aliphatic heterocycles. The van der Waals surface area contributed by atoms with Gasteiger partial charge < -0.3 is 10.1 Å². The Morgan fingerprint density at radius 1 is 1.32 bits per heavy atom. The number of nitrogens with zero attached hydrogens (tertiary/aromatic N) is 1. The number of ether oxygens (including phenoxy) is 1. The molecular weight excluding hydrogens is 236 g/mol. The van der Waals surface area contributed by atoms with Crippen LogP contribution >= 0.6 is 0 Å². The average Bonchev–Trinajstić information content (AvgIpc) is 2.39. The van der Waals surface area contributed by atoms with Gasteiger partial charge in [-0.05, 0) is 31.7 Å². The topological polar surface area (TPSA) is 24.5 Å². The second-order valence-electron chi connectivity index (χ2n) is 7.00. The lowest BCUT2D eigenvalue weighted by atomic mass is 9.82. The second kappa shape index (κ2) is 6.55. The second-order valence-corrected chi connectivity index (χ2v) is 7.00. The molecule has 0 radical (unpaired) electrons. The van der Waals surface area contributed by atoms with Crippen molar-refractivity contribution in [3.8, 4) is 0 Å². The highest BCUT2D eigenvalue weighted by molar-refractivity contribution is 4.92. The molecule has 2 aliphatic rings. The van der Waals surface area contributed by atoms with Gasteiger partial charge in [-0.15, -0.1) is 0 Å². The van der Waals surface area contributed by atoms with E-state index in [0.29, 0.717) is 23.6 Å². The zero-order chi connectivity index (χ0) is 13.9. The Morgan fingerprint density at radius 2 is 2.05 bits per heavy atom. The number of hydrogen-bond donors (Lipinski definition) is 1. The van der Waals surface area contributed by atoms with Gasteiger partial charge in [0.15, 0.2) is 0 Å². The van der Waals surface area contributed by atoms with Gasteiger partial charge in [0.25, 0.3) is 0 Å². The third kappa shape index (κ3) is 3.71. The Hall–Kier alpha value is -0.120. The van der Waals surface area contributed by atoms with Crippen LogP contribution in [0.5, 0.6) is 0 Å². The number of morpholine rings is 1. The molecule has 0 amide bonds. The minimum Gasteiger partial charge on any atom is -0.375 e. The first-order chi connectivity index (χ1) is 9.04. The zero-order valence-electron chi connectivity index (χ0n) is 13.2. The van der Waals surface area contributed by atoms with Gasteiger partial charge in [0.2, 0.25) is 0 Å². The number of fused-ring (bicyclic) bond motifs is 1. The molecule has 3 atom stereocenters. The van der Waals surface area contributed by atoms with Crippen molar-refractivity contribution < 1.29 is 4.74 Å². The normalized spacial score (nSPS) is 30.9. The fourth-order valence-corrected chi connectivity index (χ4v) is 3.62. The van der Waals surface area contributed by atoms with Crippen LogP contribution in [0.15, 0.2) is 0 Å². The molecule has 0 aromatic rings. The summed E-state index contributed by atoms with van der Waals surface area (Å²) in [4.78, 5) is 2.71. The van der Waals surface area contributed by atoms with Crippen LogP contribution in [0.4, 0.5) is 0 Å². The van der Waals surface area contributed by atoms with Crippen LogP contribution in [0.2, 0.25) is 0 Å². The number of hydrogen-bond acceptors (Lipinski definition) is 3. The molecule has 3 unspecified atom stereocenters. The van der Waals surface area contributed by atoms with Gasteiger partial charge in [-0.2, -0.15) is 0 Å². The summed E-state index contributed by atoms with van der Waals surface area (Å²) in [5.41, 5.74) is 0.315. The maximum atomic E-state index is 5.98. The molecule has 112 valence electrons. The van der Waals surface area contributed by atoms with Crippen LogP contribution < -0.4 is 5.32 Å². The van der Waals surface area contributed by atoms with Crippen LogP contribution in [0.3, 0.4) is 0 Å². The first-order valence-corrected chi connectivity index (χ1v) is 8.13. The van der Waals surface area contributed by atoms with Gasteiger partial charge in [0.05, 0.1) is 12.7 Å². The Balaban J connectivity index is 1.96. The molecule has 19 heavy (non-hydrogen) atoms. The van der Waals surface area contributed by atoms with E-state index in [1.165, 1.54) is 32.2 Å². The summed E-state index contributed by atoms with van der Waals surface area (Å²) in [6.07, 6.45) is 5.84. The Morgan fingerprint density at radius 3 is 2.79 bits per heavy atom. The summed E-state index contributed by atoms with van der Waals surface area (Å²) in [6, 6.07) is 1.23.